The lowest BCUT2D eigenvalue weighted by Gasteiger charge is -2.33. The Morgan fingerprint density at radius 2 is 2.19 bits per heavy atom. The van der Waals surface area contributed by atoms with Crippen LogP contribution in [0, 0.1) is 0 Å². The standard InChI is InChI=1S/C20H26N4O3/c1-15(23-19(25)18-8-5-13-27-18)20(26)24(14-16-6-2-3-11-22-16)17-7-4-10-21-12-9-17/h2-3,5-6,8,11,13,15,17,21H,4,7,9-10,12,14H2,1H3,(H,23,25). The second kappa shape index (κ2) is 9.32. The Hall–Kier alpha value is -2.67. The van der Waals surface area contributed by atoms with Crippen LogP contribution in [0.25, 0.3) is 0 Å². The van der Waals surface area contributed by atoms with Gasteiger partial charge in [0.1, 0.15) is 6.04 Å². The number of aromatic nitrogens is 1. The van der Waals surface area contributed by atoms with Crippen LogP contribution < -0.4 is 10.6 Å². The lowest BCUT2D eigenvalue weighted by molar-refractivity contribution is -0.136. The quantitative estimate of drug-likeness (QED) is 0.812. The number of hydrogen-bond donors (Lipinski definition) is 2. The van der Waals surface area contributed by atoms with E-state index in [-0.39, 0.29) is 23.6 Å². The highest BCUT2D eigenvalue weighted by atomic mass is 16.3. The van der Waals surface area contributed by atoms with Gasteiger partial charge in [-0.1, -0.05) is 6.07 Å². The molecule has 0 spiro atoms. The van der Waals surface area contributed by atoms with Crippen molar-refractivity contribution in [2.45, 2.75) is 44.8 Å². The van der Waals surface area contributed by atoms with E-state index in [2.05, 4.69) is 15.6 Å². The van der Waals surface area contributed by atoms with Crippen LogP contribution in [0.3, 0.4) is 0 Å². The fourth-order valence-electron chi connectivity index (χ4n) is 3.35. The molecule has 1 aliphatic heterocycles. The van der Waals surface area contributed by atoms with Gasteiger partial charge in [-0.05, 0) is 63.5 Å². The van der Waals surface area contributed by atoms with Crippen molar-refractivity contribution in [1.29, 1.82) is 0 Å². The average molecular weight is 370 g/mol. The largest absolute Gasteiger partial charge is 0.459 e. The van der Waals surface area contributed by atoms with E-state index < -0.39 is 6.04 Å². The molecule has 1 aliphatic rings. The summed E-state index contributed by atoms with van der Waals surface area (Å²) in [5, 5.41) is 6.12. The van der Waals surface area contributed by atoms with E-state index in [9.17, 15) is 9.59 Å². The summed E-state index contributed by atoms with van der Waals surface area (Å²) < 4.78 is 5.11. The first-order chi connectivity index (χ1) is 13.1. The van der Waals surface area contributed by atoms with E-state index in [0.717, 1.165) is 38.0 Å². The third-order valence-corrected chi connectivity index (χ3v) is 4.79. The summed E-state index contributed by atoms with van der Waals surface area (Å²) in [4.78, 5) is 31.7. The van der Waals surface area contributed by atoms with Gasteiger partial charge in [-0.2, -0.15) is 0 Å². The predicted molar refractivity (Wildman–Crippen MR) is 101 cm³/mol. The molecule has 2 aromatic rings. The lowest BCUT2D eigenvalue weighted by atomic mass is 10.1. The number of amides is 2. The van der Waals surface area contributed by atoms with E-state index in [1.165, 1.54) is 6.26 Å². The third-order valence-electron chi connectivity index (χ3n) is 4.79. The van der Waals surface area contributed by atoms with Crippen LogP contribution in [0.4, 0.5) is 0 Å². The number of rotatable bonds is 6. The van der Waals surface area contributed by atoms with Crippen LogP contribution >= 0.6 is 0 Å². The van der Waals surface area contributed by atoms with Gasteiger partial charge in [0.15, 0.2) is 5.76 Å². The molecule has 3 heterocycles. The van der Waals surface area contributed by atoms with Crippen molar-refractivity contribution in [2.75, 3.05) is 13.1 Å². The van der Waals surface area contributed by atoms with Crippen molar-refractivity contribution in [2.24, 2.45) is 0 Å². The summed E-state index contributed by atoms with van der Waals surface area (Å²) in [5.41, 5.74) is 0.840. The van der Waals surface area contributed by atoms with Crippen molar-refractivity contribution < 1.29 is 14.0 Å². The molecule has 0 saturated carbocycles. The predicted octanol–water partition coefficient (Wildman–Crippen LogP) is 1.96. The molecule has 2 atom stereocenters. The van der Waals surface area contributed by atoms with Gasteiger partial charge in [-0.25, -0.2) is 0 Å². The van der Waals surface area contributed by atoms with Gasteiger partial charge in [-0.15, -0.1) is 0 Å². The number of pyridine rings is 1. The summed E-state index contributed by atoms with van der Waals surface area (Å²) in [7, 11) is 0. The molecule has 1 fully saturated rings. The van der Waals surface area contributed by atoms with Crippen LogP contribution in [0.5, 0.6) is 0 Å². The first kappa shape index (κ1) is 19.1. The first-order valence-corrected chi connectivity index (χ1v) is 9.40. The Labute approximate surface area is 159 Å². The molecule has 2 N–H and O–H groups in total. The lowest BCUT2D eigenvalue weighted by Crippen LogP contribution is -2.50. The zero-order valence-corrected chi connectivity index (χ0v) is 15.6. The van der Waals surface area contributed by atoms with Crippen molar-refractivity contribution in [3.8, 4) is 0 Å². The van der Waals surface area contributed by atoms with Gasteiger partial charge in [0.25, 0.3) is 5.91 Å². The van der Waals surface area contributed by atoms with Gasteiger partial charge in [0, 0.05) is 12.2 Å². The molecule has 0 aromatic carbocycles. The van der Waals surface area contributed by atoms with E-state index >= 15 is 0 Å². The molecule has 144 valence electrons. The Bertz CT molecular complexity index is 725. The SMILES string of the molecule is CC(NC(=O)c1ccco1)C(=O)N(Cc1ccccn1)C1CCCNCC1. The summed E-state index contributed by atoms with van der Waals surface area (Å²) in [6.45, 7) is 3.99. The minimum Gasteiger partial charge on any atom is -0.459 e. The summed E-state index contributed by atoms with van der Waals surface area (Å²) in [6.07, 6.45) is 6.01. The van der Waals surface area contributed by atoms with Crippen LogP contribution in [-0.4, -0.2) is 46.9 Å². The molecule has 2 aromatic heterocycles. The maximum absolute atomic E-state index is 13.2. The molecule has 7 nitrogen and oxygen atoms in total. The van der Waals surface area contributed by atoms with Gasteiger partial charge in [-0.3, -0.25) is 14.6 Å². The molecule has 7 heteroatoms. The number of nitrogens with zero attached hydrogens (tertiary/aromatic N) is 2. The van der Waals surface area contributed by atoms with E-state index in [1.54, 1.807) is 25.3 Å². The molecule has 1 saturated heterocycles. The second-order valence-corrected chi connectivity index (χ2v) is 6.79. The normalized spacial score (nSPS) is 18.3. The molecule has 0 bridgehead atoms. The maximum Gasteiger partial charge on any atom is 0.287 e. The minimum atomic E-state index is -0.650. The smallest absolute Gasteiger partial charge is 0.287 e. The highest BCUT2D eigenvalue weighted by Gasteiger charge is 2.29. The van der Waals surface area contributed by atoms with Crippen molar-refractivity contribution in [3.05, 3.63) is 54.2 Å². The topological polar surface area (TPSA) is 87.5 Å². The molecule has 2 unspecified atom stereocenters. The van der Waals surface area contributed by atoms with Crippen LogP contribution in [0.15, 0.2) is 47.2 Å². The van der Waals surface area contributed by atoms with Crippen LogP contribution in [0.1, 0.15) is 42.4 Å². The first-order valence-electron chi connectivity index (χ1n) is 9.40. The molecule has 27 heavy (non-hydrogen) atoms. The zero-order valence-electron chi connectivity index (χ0n) is 15.6. The van der Waals surface area contributed by atoms with E-state index in [1.807, 2.05) is 23.1 Å². The maximum atomic E-state index is 13.2. The van der Waals surface area contributed by atoms with E-state index in [0.29, 0.717) is 6.54 Å². The monoisotopic (exact) mass is 370 g/mol. The number of nitrogens with one attached hydrogen (secondary N) is 2. The highest BCUT2D eigenvalue weighted by Crippen LogP contribution is 2.18. The fourth-order valence-corrected chi connectivity index (χ4v) is 3.35. The molecular formula is C20H26N4O3. The fraction of sp³-hybridized carbons (Fsp3) is 0.450. The number of carbonyl (C=O) groups excluding carboxylic acids is 2. The minimum absolute atomic E-state index is 0.104. The Balaban J connectivity index is 1.73. The van der Waals surface area contributed by atoms with E-state index in [4.69, 9.17) is 4.42 Å². The van der Waals surface area contributed by atoms with Crippen molar-refractivity contribution in [1.82, 2.24) is 20.5 Å². The van der Waals surface area contributed by atoms with Gasteiger partial charge in [0.2, 0.25) is 5.91 Å². The van der Waals surface area contributed by atoms with Gasteiger partial charge in [0.05, 0.1) is 18.5 Å². The number of hydrogen-bond acceptors (Lipinski definition) is 5. The van der Waals surface area contributed by atoms with Crippen molar-refractivity contribution in [3.63, 3.8) is 0 Å². The second-order valence-electron chi connectivity index (χ2n) is 6.79. The Morgan fingerprint density at radius 3 is 2.93 bits per heavy atom. The summed E-state index contributed by atoms with van der Waals surface area (Å²) in [6, 6.07) is 8.39. The van der Waals surface area contributed by atoms with Gasteiger partial charge >= 0.3 is 0 Å². The van der Waals surface area contributed by atoms with Crippen molar-refractivity contribution >= 4 is 11.8 Å². The third kappa shape index (κ3) is 5.17. The molecule has 0 aliphatic carbocycles. The highest BCUT2D eigenvalue weighted by molar-refractivity contribution is 5.95. The number of carbonyl (C=O) groups is 2. The molecular weight excluding hydrogens is 344 g/mol. The number of furan rings is 1. The molecule has 3 rings (SSSR count). The summed E-state index contributed by atoms with van der Waals surface area (Å²) >= 11 is 0. The summed E-state index contributed by atoms with van der Waals surface area (Å²) in [5.74, 6) is -0.293. The Morgan fingerprint density at radius 1 is 1.30 bits per heavy atom. The molecule has 0 radical (unpaired) electrons. The van der Waals surface area contributed by atoms with Gasteiger partial charge < -0.3 is 20.0 Å². The average Bonchev–Trinajstić information content (AvgIpc) is 3.10. The molecule has 2 amide bonds. The van der Waals surface area contributed by atoms with Crippen LogP contribution in [-0.2, 0) is 11.3 Å². The zero-order chi connectivity index (χ0) is 19.1. The van der Waals surface area contributed by atoms with Crippen LogP contribution in [0.2, 0.25) is 0 Å². The Kier molecular flexibility index (Phi) is 6.59.